The number of phenolic OH excluding ortho intramolecular Hbond substituents is 1. The predicted octanol–water partition coefficient (Wildman–Crippen LogP) is 5.08. The Labute approximate surface area is 159 Å². The summed E-state index contributed by atoms with van der Waals surface area (Å²) in [7, 11) is 0. The van der Waals surface area contributed by atoms with E-state index in [9.17, 15) is 14.3 Å². The van der Waals surface area contributed by atoms with Crippen LogP contribution in [0.3, 0.4) is 0 Å². The van der Waals surface area contributed by atoms with Crippen molar-refractivity contribution in [1.29, 1.82) is 0 Å². The molecule has 0 aliphatic carbocycles. The van der Waals surface area contributed by atoms with E-state index >= 15 is 0 Å². The van der Waals surface area contributed by atoms with Gasteiger partial charge in [-0.15, -0.1) is 0 Å². The number of rotatable bonds is 5. The number of para-hydroxylation sites is 1. The van der Waals surface area contributed by atoms with Gasteiger partial charge in [0.2, 0.25) is 0 Å². The van der Waals surface area contributed by atoms with Crippen LogP contribution in [0.2, 0.25) is 0 Å². The topological polar surface area (TPSA) is 49.7 Å². The number of Topliss-reactive ketones (excluding diaryl/α,β-unsaturated/α-hetero) is 1. The zero-order valence-corrected chi connectivity index (χ0v) is 15.9. The summed E-state index contributed by atoms with van der Waals surface area (Å²) in [6, 6.07) is 13.4. The standard InChI is InChI=1S/C23H24FNO2/c1-14(2)21-15(3)25-22(18-9-4-5-10-20(18)26)19(23(21)27)12-11-16-7-6-8-17(24)13-16/h4-10,13-14,19,26H,11-12H2,1-3H3. The summed E-state index contributed by atoms with van der Waals surface area (Å²) in [5.74, 6) is -0.505. The molecule has 0 saturated heterocycles. The van der Waals surface area contributed by atoms with Gasteiger partial charge >= 0.3 is 0 Å². The highest BCUT2D eigenvalue weighted by Gasteiger charge is 2.34. The molecule has 3 rings (SSSR count). The SMILES string of the molecule is CC1=C(C(C)C)C(=O)C(CCc2cccc(F)c2)C(c2ccccc2O)=N1. The van der Waals surface area contributed by atoms with Crippen LogP contribution < -0.4 is 0 Å². The van der Waals surface area contributed by atoms with E-state index in [-0.39, 0.29) is 23.3 Å². The minimum absolute atomic E-state index is 0.0483. The maximum atomic E-state index is 13.5. The fourth-order valence-electron chi connectivity index (χ4n) is 3.72. The first-order valence-corrected chi connectivity index (χ1v) is 9.25. The molecule has 1 aliphatic rings. The molecule has 140 valence electrons. The van der Waals surface area contributed by atoms with Gasteiger partial charge in [0.15, 0.2) is 5.78 Å². The van der Waals surface area contributed by atoms with Gasteiger partial charge in [-0.3, -0.25) is 9.79 Å². The van der Waals surface area contributed by atoms with Gasteiger partial charge in [-0.2, -0.15) is 0 Å². The summed E-state index contributed by atoms with van der Waals surface area (Å²) < 4.78 is 13.5. The summed E-state index contributed by atoms with van der Waals surface area (Å²) in [6.45, 7) is 5.82. The van der Waals surface area contributed by atoms with Crippen molar-refractivity contribution in [2.24, 2.45) is 16.8 Å². The van der Waals surface area contributed by atoms with Crippen LogP contribution in [0.5, 0.6) is 5.75 Å². The van der Waals surface area contributed by atoms with Crippen molar-refractivity contribution in [3.63, 3.8) is 0 Å². The van der Waals surface area contributed by atoms with E-state index in [1.807, 2.05) is 32.9 Å². The van der Waals surface area contributed by atoms with Crippen molar-refractivity contribution in [2.75, 3.05) is 0 Å². The summed E-state index contributed by atoms with van der Waals surface area (Å²) in [5, 5.41) is 10.3. The third kappa shape index (κ3) is 4.00. The van der Waals surface area contributed by atoms with Gasteiger partial charge in [0.05, 0.1) is 11.6 Å². The molecule has 0 spiro atoms. The number of phenols is 1. The van der Waals surface area contributed by atoms with Crippen LogP contribution in [-0.2, 0) is 11.2 Å². The molecule has 1 unspecified atom stereocenters. The number of halogens is 1. The van der Waals surface area contributed by atoms with Crippen molar-refractivity contribution >= 4 is 11.5 Å². The van der Waals surface area contributed by atoms with E-state index in [0.717, 1.165) is 11.1 Å². The molecule has 4 heteroatoms. The minimum atomic E-state index is -0.456. The van der Waals surface area contributed by atoms with Gasteiger partial charge in [-0.1, -0.05) is 38.1 Å². The Morgan fingerprint density at radius 1 is 1.15 bits per heavy atom. The first-order chi connectivity index (χ1) is 12.9. The number of aromatic hydroxyl groups is 1. The lowest BCUT2D eigenvalue weighted by Crippen LogP contribution is -2.32. The lowest BCUT2D eigenvalue weighted by molar-refractivity contribution is -0.118. The maximum Gasteiger partial charge on any atom is 0.169 e. The Hall–Kier alpha value is -2.75. The fraction of sp³-hybridized carbons (Fsp3) is 0.304. The Balaban J connectivity index is 1.99. The molecule has 1 atom stereocenters. The van der Waals surface area contributed by atoms with Crippen molar-refractivity contribution < 1.29 is 14.3 Å². The number of hydrogen-bond acceptors (Lipinski definition) is 3. The molecule has 0 aromatic heterocycles. The largest absolute Gasteiger partial charge is 0.507 e. The zero-order valence-electron chi connectivity index (χ0n) is 15.9. The number of ketones is 1. The van der Waals surface area contributed by atoms with Gasteiger partial charge in [0.1, 0.15) is 11.6 Å². The average molecular weight is 365 g/mol. The van der Waals surface area contributed by atoms with Crippen LogP contribution in [0, 0.1) is 17.7 Å². The van der Waals surface area contributed by atoms with Crippen LogP contribution in [0.15, 0.2) is 64.8 Å². The lowest BCUT2D eigenvalue weighted by Gasteiger charge is -2.27. The second-order valence-electron chi connectivity index (χ2n) is 7.25. The van der Waals surface area contributed by atoms with Crippen molar-refractivity contribution in [1.82, 2.24) is 0 Å². The lowest BCUT2D eigenvalue weighted by atomic mass is 9.79. The number of aliphatic imine (C=N–C) groups is 1. The maximum absolute atomic E-state index is 13.5. The number of aryl methyl sites for hydroxylation is 1. The molecule has 0 amide bonds. The summed E-state index contributed by atoms with van der Waals surface area (Å²) in [4.78, 5) is 18.0. The Kier molecular flexibility index (Phi) is 5.54. The second-order valence-corrected chi connectivity index (χ2v) is 7.25. The molecule has 0 bridgehead atoms. The number of benzene rings is 2. The fourth-order valence-corrected chi connectivity index (χ4v) is 3.72. The third-order valence-electron chi connectivity index (χ3n) is 4.96. The zero-order chi connectivity index (χ0) is 19.6. The molecule has 2 aromatic rings. The number of allylic oxidation sites excluding steroid dienone is 2. The average Bonchev–Trinajstić information content (AvgIpc) is 2.61. The van der Waals surface area contributed by atoms with Gasteiger partial charge < -0.3 is 5.11 Å². The van der Waals surface area contributed by atoms with E-state index in [2.05, 4.69) is 0 Å². The first kappa shape index (κ1) is 19.0. The highest BCUT2D eigenvalue weighted by molar-refractivity contribution is 6.21. The predicted molar refractivity (Wildman–Crippen MR) is 105 cm³/mol. The van der Waals surface area contributed by atoms with E-state index < -0.39 is 5.92 Å². The molecule has 0 fully saturated rings. The number of carbonyl (C=O) groups excluding carboxylic acids is 1. The smallest absolute Gasteiger partial charge is 0.169 e. The Morgan fingerprint density at radius 2 is 1.89 bits per heavy atom. The summed E-state index contributed by atoms with van der Waals surface area (Å²) >= 11 is 0. The van der Waals surface area contributed by atoms with Gasteiger partial charge in [-0.25, -0.2) is 4.39 Å². The van der Waals surface area contributed by atoms with E-state index in [0.29, 0.717) is 29.8 Å². The molecule has 1 heterocycles. The number of nitrogens with zero attached hydrogens (tertiary/aromatic N) is 1. The highest BCUT2D eigenvalue weighted by Crippen LogP contribution is 2.33. The summed E-state index contributed by atoms with van der Waals surface area (Å²) in [5.41, 5.74) is 3.46. The molecule has 0 radical (unpaired) electrons. The second kappa shape index (κ2) is 7.87. The first-order valence-electron chi connectivity index (χ1n) is 9.25. The van der Waals surface area contributed by atoms with Gasteiger partial charge in [0.25, 0.3) is 0 Å². The van der Waals surface area contributed by atoms with Gasteiger partial charge in [-0.05, 0) is 55.5 Å². The Bertz CT molecular complexity index is 927. The Morgan fingerprint density at radius 3 is 2.56 bits per heavy atom. The quantitative estimate of drug-likeness (QED) is 0.803. The molecule has 0 saturated carbocycles. The molecule has 1 aliphatic heterocycles. The van der Waals surface area contributed by atoms with Crippen molar-refractivity contribution in [3.05, 3.63) is 76.7 Å². The van der Waals surface area contributed by atoms with E-state index in [4.69, 9.17) is 4.99 Å². The molecule has 2 aromatic carbocycles. The molecule has 3 nitrogen and oxygen atoms in total. The normalized spacial score (nSPS) is 17.4. The van der Waals surface area contributed by atoms with Gasteiger partial charge in [0, 0.05) is 16.8 Å². The van der Waals surface area contributed by atoms with E-state index in [1.54, 1.807) is 24.3 Å². The molecular weight excluding hydrogens is 341 g/mol. The van der Waals surface area contributed by atoms with Crippen LogP contribution in [0.4, 0.5) is 4.39 Å². The minimum Gasteiger partial charge on any atom is -0.507 e. The van der Waals surface area contributed by atoms with Crippen LogP contribution >= 0.6 is 0 Å². The monoisotopic (exact) mass is 365 g/mol. The summed E-state index contributed by atoms with van der Waals surface area (Å²) in [6.07, 6.45) is 1.07. The number of hydrogen-bond donors (Lipinski definition) is 1. The highest BCUT2D eigenvalue weighted by atomic mass is 19.1. The van der Waals surface area contributed by atoms with Crippen molar-refractivity contribution in [2.45, 2.75) is 33.6 Å². The van der Waals surface area contributed by atoms with Crippen LogP contribution in [0.1, 0.15) is 38.3 Å². The third-order valence-corrected chi connectivity index (χ3v) is 4.96. The molecular formula is C23H24FNO2. The van der Waals surface area contributed by atoms with Crippen LogP contribution in [-0.4, -0.2) is 16.6 Å². The van der Waals surface area contributed by atoms with Crippen molar-refractivity contribution in [3.8, 4) is 5.75 Å². The molecule has 1 N–H and O–H groups in total. The number of carbonyl (C=O) groups is 1. The molecule has 27 heavy (non-hydrogen) atoms. The van der Waals surface area contributed by atoms with Crippen LogP contribution in [0.25, 0.3) is 0 Å². The van der Waals surface area contributed by atoms with E-state index in [1.165, 1.54) is 12.1 Å².